The summed E-state index contributed by atoms with van der Waals surface area (Å²) in [6.07, 6.45) is -1.24. The Morgan fingerprint density at radius 3 is 2.09 bits per heavy atom. The normalized spacial score (nSPS) is 13.0. The molecule has 0 saturated heterocycles. The number of amides is 2. The number of aliphatic hydroxyl groups excluding tert-OH is 1. The molecule has 46 heavy (non-hydrogen) atoms. The molecule has 0 bridgehead atoms. The maximum Gasteiger partial charge on any atom is 0.410 e. The number of aliphatic hydroxyl groups is 1. The van der Waals surface area contributed by atoms with Crippen molar-refractivity contribution in [2.24, 2.45) is 0 Å². The lowest BCUT2D eigenvalue weighted by atomic mass is 10.0. The molecule has 0 unspecified atom stereocenters. The standard InChI is InChI=1S/C34H41ClN2O8S/c1-7-44-31(39)22-36(6)32(40)25-13-17-29(18-14-25)46(42,43)28-15-11-24(12-16-28)19-23(2)37(33(41)45-34(3,4)5)21-30(38)26-9-8-10-27(35)20-26/h8-18,20,23,30,38H,7,19,21-22H2,1-6H3/t23-,30+/m1/s1. The molecule has 0 aliphatic carbocycles. The van der Waals surface area contributed by atoms with E-state index in [1.54, 1.807) is 64.1 Å². The molecule has 12 heteroatoms. The predicted octanol–water partition coefficient (Wildman–Crippen LogP) is 5.71. The molecule has 10 nitrogen and oxygen atoms in total. The topological polar surface area (TPSA) is 131 Å². The summed E-state index contributed by atoms with van der Waals surface area (Å²) in [7, 11) is -2.44. The van der Waals surface area contributed by atoms with Gasteiger partial charge in [-0.15, -0.1) is 0 Å². The minimum absolute atomic E-state index is 0.00400. The molecule has 0 fully saturated rings. The van der Waals surface area contributed by atoms with E-state index in [2.05, 4.69) is 0 Å². The molecule has 0 spiro atoms. The average Bonchev–Trinajstić information content (AvgIpc) is 2.98. The van der Waals surface area contributed by atoms with Crippen molar-refractivity contribution in [3.05, 3.63) is 94.5 Å². The van der Waals surface area contributed by atoms with Crippen LogP contribution in [-0.2, 0) is 30.5 Å². The van der Waals surface area contributed by atoms with Crippen LogP contribution in [0.5, 0.6) is 0 Å². The maximum absolute atomic E-state index is 13.3. The SMILES string of the molecule is CCOC(=O)CN(C)C(=O)c1ccc(S(=O)(=O)c2ccc(C[C@@H](C)N(C[C@H](O)c3cccc(Cl)c3)C(=O)OC(C)(C)C)cc2)cc1. The smallest absolute Gasteiger partial charge is 0.410 e. The van der Waals surface area contributed by atoms with Crippen molar-refractivity contribution in [3.8, 4) is 0 Å². The Balaban J connectivity index is 1.74. The number of ether oxygens (including phenoxy) is 2. The van der Waals surface area contributed by atoms with Crippen LogP contribution in [0.3, 0.4) is 0 Å². The van der Waals surface area contributed by atoms with E-state index in [0.717, 1.165) is 5.56 Å². The molecule has 0 saturated carbocycles. The minimum atomic E-state index is -3.90. The van der Waals surface area contributed by atoms with Crippen LogP contribution >= 0.6 is 11.6 Å². The van der Waals surface area contributed by atoms with Crippen molar-refractivity contribution in [1.82, 2.24) is 9.80 Å². The van der Waals surface area contributed by atoms with E-state index in [-0.39, 0.29) is 35.1 Å². The number of carbonyl (C=O) groups is 3. The van der Waals surface area contributed by atoms with E-state index in [1.165, 1.54) is 53.2 Å². The number of sulfone groups is 1. The summed E-state index contributed by atoms with van der Waals surface area (Å²) < 4.78 is 37.2. The van der Waals surface area contributed by atoms with Gasteiger partial charge in [-0.2, -0.15) is 0 Å². The molecule has 0 aliphatic rings. The molecule has 0 aromatic heterocycles. The van der Waals surface area contributed by atoms with Gasteiger partial charge in [-0.25, -0.2) is 13.2 Å². The summed E-state index contributed by atoms with van der Waals surface area (Å²) in [5, 5.41) is 11.4. The Kier molecular flexibility index (Phi) is 12.4. The van der Waals surface area contributed by atoms with Crippen LogP contribution in [0.4, 0.5) is 4.79 Å². The van der Waals surface area contributed by atoms with Gasteiger partial charge in [0.05, 0.1) is 29.0 Å². The Hall–Kier alpha value is -3.93. The van der Waals surface area contributed by atoms with E-state index in [0.29, 0.717) is 17.0 Å². The summed E-state index contributed by atoms with van der Waals surface area (Å²) >= 11 is 6.09. The first-order valence-electron chi connectivity index (χ1n) is 14.8. The lowest BCUT2D eigenvalue weighted by Gasteiger charge is -2.33. The number of nitrogens with zero attached hydrogens (tertiary/aromatic N) is 2. The summed E-state index contributed by atoms with van der Waals surface area (Å²) in [5.74, 6) is -0.987. The molecule has 3 aromatic rings. The number of hydrogen-bond acceptors (Lipinski definition) is 8. The van der Waals surface area contributed by atoms with Gasteiger partial charge in [0.15, 0.2) is 0 Å². The average molecular weight is 673 g/mol. The molecule has 248 valence electrons. The summed E-state index contributed by atoms with van der Waals surface area (Å²) in [4.78, 5) is 40.3. The summed E-state index contributed by atoms with van der Waals surface area (Å²) in [6, 6.07) is 18.2. The van der Waals surface area contributed by atoms with E-state index < -0.39 is 45.6 Å². The fraction of sp³-hybridized carbons (Fsp3) is 0.382. The maximum atomic E-state index is 13.3. The summed E-state index contributed by atoms with van der Waals surface area (Å²) in [5.41, 5.74) is 0.799. The fourth-order valence-corrected chi connectivity index (χ4v) is 6.08. The second-order valence-electron chi connectivity index (χ2n) is 11.9. The highest BCUT2D eigenvalue weighted by molar-refractivity contribution is 7.91. The van der Waals surface area contributed by atoms with Crippen LogP contribution in [0, 0.1) is 0 Å². The molecule has 0 aliphatic heterocycles. The summed E-state index contributed by atoms with van der Waals surface area (Å²) in [6.45, 7) is 8.71. The van der Waals surface area contributed by atoms with Gasteiger partial charge < -0.3 is 24.4 Å². The van der Waals surface area contributed by atoms with Crippen molar-refractivity contribution < 1.29 is 37.4 Å². The lowest BCUT2D eigenvalue weighted by molar-refractivity contribution is -0.143. The van der Waals surface area contributed by atoms with E-state index in [9.17, 15) is 27.9 Å². The molecule has 1 N–H and O–H groups in total. The zero-order valence-electron chi connectivity index (χ0n) is 26.9. The number of rotatable bonds is 12. The highest BCUT2D eigenvalue weighted by Crippen LogP contribution is 2.25. The van der Waals surface area contributed by atoms with Gasteiger partial charge in [-0.1, -0.05) is 35.9 Å². The zero-order valence-corrected chi connectivity index (χ0v) is 28.5. The van der Waals surface area contributed by atoms with Crippen molar-refractivity contribution in [3.63, 3.8) is 0 Å². The van der Waals surface area contributed by atoms with Crippen LogP contribution in [0.25, 0.3) is 0 Å². The van der Waals surface area contributed by atoms with Crippen molar-refractivity contribution in [1.29, 1.82) is 0 Å². The number of esters is 1. The highest BCUT2D eigenvalue weighted by Gasteiger charge is 2.29. The van der Waals surface area contributed by atoms with Crippen molar-refractivity contribution in [2.75, 3.05) is 26.7 Å². The number of halogens is 1. The number of hydrogen-bond donors (Lipinski definition) is 1. The second-order valence-corrected chi connectivity index (χ2v) is 14.3. The molecule has 3 rings (SSSR count). The fourth-order valence-electron chi connectivity index (χ4n) is 4.62. The third kappa shape index (κ3) is 10.0. The van der Waals surface area contributed by atoms with Crippen molar-refractivity contribution in [2.45, 2.75) is 68.6 Å². The van der Waals surface area contributed by atoms with Crippen LogP contribution in [0.2, 0.25) is 5.02 Å². The molecular weight excluding hydrogens is 632 g/mol. The second kappa shape index (κ2) is 15.6. The Bertz CT molecular complexity index is 1620. The van der Waals surface area contributed by atoms with E-state index in [4.69, 9.17) is 21.1 Å². The third-order valence-corrected chi connectivity index (χ3v) is 8.98. The molecule has 2 amide bonds. The van der Waals surface area contributed by atoms with Crippen molar-refractivity contribution >= 4 is 39.4 Å². The van der Waals surface area contributed by atoms with Crippen LogP contribution < -0.4 is 0 Å². The number of carbonyl (C=O) groups excluding carboxylic acids is 3. The van der Waals surface area contributed by atoms with Crippen LogP contribution in [0.1, 0.15) is 62.2 Å². The molecule has 0 radical (unpaired) electrons. The van der Waals surface area contributed by atoms with Gasteiger partial charge in [0, 0.05) is 23.7 Å². The van der Waals surface area contributed by atoms with Gasteiger partial charge >= 0.3 is 12.1 Å². The van der Waals surface area contributed by atoms with Gasteiger partial charge in [0.2, 0.25) is 9.84 Å². The minimum Gasteiger partial charge on any atom is -0.465 e. The van der Waals surface area contributed by atoms with Gasteiger partial charge in [-0.05, 0) is 101 Å². The first-order chi connectivity index (χ1) is 21.5. The van der Waals surface area contributed by atoms with Gasteiger partial charge in [-0.3, -0.25) is 9.59 Å². The van der Waals surface area contributed by atoms with Crippen LogP contribution in [0.15, 0.2) is 82.6 Å². The number of benzene rings is 3. The number of likely N-dealkylation sites (N-methyl/N-ethyl adjacent to an activating group) is 1. The van der Waals surface area contributed by atoms with Gasteiger partial charge in [0.1, 0.15) is 12.1 Å². The molecule has 3 aromatic carbocycles. The quantitative estimate of drug-likeness (QED) is 0.242. The Labute approximate surface area is 275 Å². The lowest BCUT2D eigenvalue weighted by Crippen LogP contribution is -2.45. The first-order valence-corrected chi connectivity index (χ1v) is 16.7. The molecule has 2 atom stereocenters. The van der Waals surface area contributed by atoms with Crippen LogP contribution in [-0.4, -0.2) is 79.7 Å². The predicted molar refractivity (Wildman–Crippen MR) is 174 cm³/mol. The van der Waals surface area contributed by atoms with Gasteiger partial charge in [0.25, 0.3) is 5.91 Å². The Morgan fingerprint density at radius 2 is 1.54 bits per heavy atom. The molecular formula is C34H41ClN2O8S. The largest absolute Gasteiger partial charge is 0.465 e. The Morgan fingerprint density at radius 1 is 0.957 bits per heavy atom. The zero-order chi connectivity index (χ0) is 34.2. The highest BCUT2D eigenvalue weighted by atomic mass is 35.5. The third-order valence-electron chi connectivity index (χ3n) is 6.96. The van der Waals surface area contributed by atoms with E-state index >= 15 is 0 Å². The molecule has 0 heterocycles. The monoisotopic (exact) mass is 672 g/mol. The first kappa shape index (κ1) is 36.5. The van der Waals surface area contributed by atoms with E-state index in [1.807, 2.05) is 6.92 Å².